The van der Waals surface area contributed by atoms with Crippen molar-refractivity contribution >= 4 is 28.6 Å². The highest BCUT2D eigenvalue weighted by Crippen LogP contribution is 2.31. The van der Waals surface area contributed by atoms with Crippen molar-refractivity contribution in [1.82, 2.24) is 9.66 Å². The van der Waals surface area contributed by atoms with E-state index in [1.807, 2.05) is 43.3 Å². The Morgan fingerprint density at radius 2 is 1.76 bits per heavy atom. The van der Waals surface area contributed by atoms with Crippen LogP contribution in [0.1, 0.15) is 16.7 Å². The molecule has 1 heterocycles. The monoisotopic (exact) mass is 493 g/mol. The molecule has 1 N–H and O–H groups in total. The lowest BCUT2D eigenvalue weighted by molar-refractivity contribution is 0.390. The highest BCUT2D eigenvalue weighted by atomic mass is 32.2. The first-order valence-electron chi connectivity index (χ1n) is 10.4. The third-order valence-corrected chi connectivity index (χ3v) is 6.78. The number of nitrogens with zero attached hydrogens (tertiary/aromatic N) is 2. The maximum atomic E-state index is 12.9. The van der Waals surface area contributed by atoms with E-state index in [0.717, 1.165) is 16.8 Å². The maximum absolute atomic E-state index is 12.9. The summed E-state index contributed by atoms with van der Waals surface area (Å²) in [6, 6.07) is 19.8. The molecular formula is C25H23N3O4S2. The Morgan fingerprint density at radius 1 is 1.00 bits per heavy atom. The number of hydrogen-bond donors (Lipinski definition) is 1. The number of aromatic nitrogens is 2. The number of methoxy groups -OCH3 is 1. The van der Waals surface area contributed by atoms with Crippen LogP contribution in [0, 0.1) is 18.6 Å². The summed E-state index contributed by atoms with van der Waals surface area (Å²) in [5.41, 5.74) is 3.95. The molecule has 7 nitrogen and oxygen atoms in total. The molecule has 1 aromatic heterocycles. The number of H-pyrrole nitrogens is 1. The quantitative estimate of drug-likeness (QED) is 0.209. The molecule has 0 saturated heterocycles. The zero-order valence-electron chi connectivity index (χ0n) is 18.8. The van der Waals surface area contributed by atoms with Crippen molar-refractivity contribution < 1.29 is 17.3 Å². The molecule has 9 heteroatoms. The maximum Gasteiger partial charge on any atom is 0.339 e. The number of ether oxygens (including phenoxy) is 1. The van der Waals surface area contributed by atoms with Gasteiger partial charge >= 0.3 is 10.1 Å². The number of hydrogen-bond acceptors (Lipinski definition) is 6. The second-order valence-electron chi connectivity index (χ2n) is 7.64. The van der Waals surface area contributed by atoms with Crippen LogP contribution in [0.15, 0.2) is 82.9 Å². The van der Waals surface area contributed by atoms with Crippen LogP contribution in [-0.2, 0) is 10.1 Å². The second-order valence-corrected chi connectivity index (χ2v) is 9.55. The van der Waals surface area contributed by atoms with Gasteiger partial charge in [0.05, 0.1) is 25.2 Å². The molecule has 0 unspecified atom stereocenters. The van der Waals surface area contributed by atoms with Gasteiger partial charge in [0.2, 0.25) is 0 Å². The molecule has 0 aliphatic rings. The zero-order valence-corrected chi connectivity index (χ0v) is 20.5. The van der Waals surface area contributed by atoms with Crippen LogP contribution >= 0.6 is 12.2 Å². The van der Waals surface area contributed by atoms with Crippen molar-refractivity contribution in [3.8, 4) is 22.8 Å². The van der Waals surface area contributed by atoms with Crippen LogP contribution in [0.4, 0.5) is 0 Å². The molecule has 0 saturated carbocycles. The van der Waals surface area contributed by atoms with Crippen LogP contribution in [0.5, 0.6) is 11.5 Å². The number of imidazole rings is 1. The third-order valence-electron chi connectivity index (χ3n) is 5.12. The summed E-state index contributed by atoms with van der Waals surface area (Å²) in [6.07, 6.45) is 3.41. The van der Waals surface area contributed by atoms with Gasteiger partial charge in [0.25, 0.3) is 0 Å². The predicted molar refractivity (Wildman–Crippen MR) is 135 cm³/mol. The first kappa shape index (κ1) is 23.5. The normalized spacial score (nSPS) is 11.6. The summed E-state index contributed by atoms with van der Waals surface area (Å²) < 4.78 is 38.5. The van der Waals surface area contributed by atoms with Crippen molar-refractivity contribution in [2.45, 2.75) is 18.7 Å². The zero-order chi connectivity index (χ0) is 24.3. The fourth-order valence-corrected chi connectivity index (χ4v) is 4.80. The highest BCUT2D eigenvalue weighted by Gasteiger charge is 2.21. The second kappa shape index (κ2) is 9.66. The van der Waals surface area contributed by atoms with E-state index in [2.05, 4.69) is 10.1 Å². The van der Waals surface area contributed by atoms with E-state index in [4.69, 9.17) is 21.1 Å². The lowest BCUT2D eigenvalue weighted by Gasteiger charge is -2.13. The van der Waals surface area contributed by atoms with Gasteiger partial charge in [-0.2, -0.15) is 13.5 Å². The average molecular weight is 494 g/mol. The van der Waals surface area contributed by atoms with Gasteiger partial charge < -0.3 is 13.9 Å². The van der Waals surface area contributed by atoms with Gasteiger partial charge in [-0.15, -0.1) is 0 Å². The van der Waals surface area contributed by atoms with Crippen LogP contribution < -0.4 is 8.92 Å². The Bertz CT molecular complexity index is 1520. The summed E-state index contributed by atoms with van der Waals surface area (Å²) in [4.78, 5) is 3.25. The van der Waals surface area contributed by atoms with Crippen molar-refractivity contribution in [3.63, 3.8) is 0 Å². The molecule has 34 heavy (non-hydrogen) atoms. The van der Waals surface area contributed by atoms with E-state index < -0.39 is 10.1 Å². The third kappa shape index (κ3) is 5.11. The predicted octanol–water partition coefficient (Wildman–Crippen LogP) is 5.49. The first-order valence-corrected chi connectivity index (χ1v) is 12.2. The van der Waals surface area contributed by atoms with Crippen LogP contribution in [-0.4, -0.2) is 31.4 Å². The number of aromatic amines is 1. The van der Waals surface area contributed by atoms with Gasteiger partial charge in [0, 0.05) is 0 Å². The number of nitrogens with one attached hydrogen (secondary N) is 1. The fraction of sp³-hybridized carbons (Fsp3) is 0.120. The molecule has 3 aromatic carbocycles. The summed E-state index contributed by atoms with van der Waals surface area (Å²) >= 11 is 5.37. The lowest BCUT2D eigenvalue weighted by atomic mass is 10.2. The molecule has 0 bridgehead atoms. The van der Waals surface area contributed by atoms with Crippen molar-refractivity contribution in [3.05, 3.63) is 94.4 Å². The minimum atomic E-state index is -4.03. The standard InChI is InChI=1S/C25H23N3O4S2/c1-17-9-10-18(2)24(13-17)34(29,30)32-22-12-11-19(14-23(22)31-3)15-26-28-16-21(27-25(28)33)20-7-5-4-6-8-20/h4-16H,1-3H3,(H,27,33)/b26-15-. The van der Waals surface area contributed by atoms with Crippen LogP contribution in [0.2, 0.25) is 0 Å². The molecule has 0 fully saturated rings. The van der Waals surface area contributed by atoms with Gasteiger partial charge in [0.1, 0.15) is 4.90 Å². The number of aryl methyl sites for hydroxylation is 2. The SMILES string of the molecule is COc1cc(/C=N\n2cc(-c3ccccc3)[nH]c2=S)ccc1OS(=O)(=O)c1cc(C)ccc1C. The van der Waals surface area contributed by atoms with Gasteiger partial charge in [-0.1, -0.05) is 42.5 Å². The molecule has 0 aliphatic carbocycles. The Labute approximate surface area is 203 Å². The topological polar surface area (TPSA) is 85.7 Å². The highest BCUT2D eigenvalue weighted by molar-refractivity contribution is 7.87. The molecule has 0 amide bonds. The van der Waals surface area contributed by atoms with E-state index in [1.165, 1.54) is 13.2 Å². The Hall–Kier alpha value is -3.69. The van der Waals surface area contributed by atoms with Crippen LogP contribution in [0.3, 0.4) is 0 Å². The fourth-order valence-electron chi connectivity index (χ4n) is 3.34. The van der Waals surface area contributed by atoms with Gasteiger partial charge in [0.15, 0.2) is 16.3 Å². The Balaban J connectivity index is 1.58. The molecular weight excluding hydrogens is 470 g/mol. The van der Waals surface area contributed by atoms with Gasteiger partial charge in [-0.3, -0.25) is 0 Å². The lowest BCUT2D eigenvalue weighted by Crippen LogP contribution is -2.12. The average Bonchev–Trinajstić information content (AvgIpc) is 3.20. The number of rotatable bonds is 7. The Kier molecular flexibility index (Phi) is 6.67. The van der Waals surface area contributed by atoms with E-state index in [1.54, 1.807) is 48.3 Å². The Morgan fingerprint density at radius 3 is 2.50 bits per heavy atom. The van der Waals surface area contributed by atoms with Crippen LogP contribution in [0.25, 0.3) is 11.3 Å². The van der Waals surface area contributed by atoms with E-state index in [9.17, 15) is 8.42 Å². The summed E-state index contributed by atoms with van der Waals surface area (Å²) in [5.74, 6) is 0.352. The van der Waals surface area contributed by atoms with E-state index in [0.29, 0.717) is 15.9 Å². The van der Waals surface area contributed by atoms with Gasteiger partial charge in [-0.05, 0) is 72.6 Å². The smallest absolute Gasteiger partial charge is 0.339 e. The number of benzene rings is 3. The van der Waals surface area contributed by atoms with Gasteiger partial charge in [-0.25, -0.2) is 4.68 Å². The molecule has 174 valence electrons. The van der Waals surface area contributed by atoms with E-state index >= 15 is 0 Å². The van der Waals surface area contributed by atoms with Crippen molar-refractivity contribution in [2.75, 3.05) is 7.11 Å². The molecule has 0 aliphatic heterocycles. The summed E-state index contributed by atoms with van der Waals surface area (Å²) in [5, 5.41) is 4.41. The molecule has 0 radical (unpaired) electrons. The summed E-state index contributed by atoms with van der Waals surface area (Å²) in [7, 11) is -2.59. The minimum absolute atomic E-state index is 0.0881. The molecule has 4 aromatic rings. The first-order chi connectivity index (χ1) is 16.3. The molecule has 4 rings (SSSR count). The van der Waals surface area contributed by atoms with Crippen molar-refractivity contribution in [1.29, 1.82) is 0 Å². The minimum Gasteiger partial charge on any atom is -0.493 e. The molecule has 0 atom stereocenters. The summed E-state index contributed by atoms with van der Waals surface area (Å²) in [6.45, 7) is 3.55. The largest absolute Gasteiger partial charge is 0.493 e. The van der Waals surface area contributed by atoms with E-state index in [-0.39, 0.29) is 16.4 Å². The van der Waals surface area contributed by atoms with Crippen molar-refractivity contribution in [2.24, 2.45) is 5.10 Å². The molecule has 0 spiro atoms.